The number of aromatic amines is 1. The molecule has 3 heterocycles. The van der Waals surface area contributed by atoms with Crippen LogP contribution in [0.15, 0.2) is 4.52 Å². The summed E-state index contributed by atoms with van der Waals surface area (Å²) in [5, 5.41) is 11.2. The van der Waals surface area contributed by atoms with Crippen LogP contribution in [0.2, 0.25) is 0 Å². The van der Waals surface area contributed by atoms with E-state index in [9.17, 15) is 0 Å². The van der Waals surface area contributed by atoms with Crippen molar-refractivity contribution in [3.8, 4) is 0 Å². The Morgan fingerprint density at radius 2 is 2.35 bits per heavy atom. The summed E-state index contributed by atoms with van der Waals surface area (Å²) >= 11 is 1.69. The number of thioether (sulfide) groups is 1. The van der Waals surface area contributed by atoms with E-state index in [1.807, 2.05) is 13.2 Å². The third-order valence-electron chi connectivity index (χ3n) is 3.40. The maximum Gasteiger partial charge on any atom is 0.240 e. The second-order valence-corrected chi connectivity index (χ2v) is 5.81. The zero-order valence-corrected chi connectivity index (χ0v) is 12.5. The number of nitrogens with zero attached hydrogens (tertiary/aromatic N) is 5. The molecule has 3 rings (SSSR count). The standard InChI is InChI=1S/C12H18N6OS/c1-8-13-12(16-15-8)9-4-3-5-18(9)6-11-14-10(7-20-2)17-19-11/h9H,3-7H2,1-2H3,(H,13,15,16)/t9-/m0/s1. The topological polar surface area (TPSA) is 83.7 Å². The van der Waals surface area contributed by atoms with Gasteiger partial charge in [0.15, 0.2) is 11.6 Å². The Balaban J connectivity index is 1.69. The Morgan fingerprint density at radius 1 is 1.45 bits per heavy atom. The zero-order valence-electron chi connectivity index (χ0n) is 11.7. The molecule has 1 saturated heterocycles. The highest BCUT2D eigenvalue weighted by molar-refractivity contribution is 7.97. The highest BCUT2D eigenvalue weighted by Crippen LogP contribution is 2.30. The van der Waals surface area contributed by atoms with Gasteiger partial charge in [-0.15, -0.1) is 0 Å². The normalized spacial score (nSPS) is 19.8. The first kappa shape index (κ1) is 13.6. The van der Waals surface area contributed by atoms with Crippen LogP contribution in [-0.4, -0.2) is 43.0 Å². The summed E-state index contributed by atoms with van der Waals surface area (Å²) < 4.78 is 5.30. The van der Waals surface area contributed by atoms with Gasteiger partial charge >= 0.3 is 0 Å². The van der Waals surface area contributed by atoms with E-state index in [0.717, 1.165) is 42.6 Å². The first-order valence-corrected chi connectivity index (χ1v) is 8.09. The van der Waals surface area contributed by atoms with Gasteiger partial charge in [-0.2, -0.15) is 21.8 Å². The van der Waals surface area contributed by atoms with Crippen LogP contribution in [-0.2, 0) is 12.3 Å². The second-order valence-electron chi connectivity index (χ2n) is 4.94. The largest absolute Gasteiger partial charge is 0.338 e. The molecule has 0 amide bonds. The number of aryl methyl sites for hydroxylation is 1. The quantitative estimate of drug-likeness (QED) is 0.898. The summed E-state index contributed by atoms with van der Waals surface area (Å²) in [6.45, 7) is 3.60. The molecule has 8 heteroatoms. The molecule has 1 atom stereocenters. The maximum atomic E-state index is 5.30. The average Bonchev–Trinajstić information content (AvgIpc) is 3.12. The number of likely N-dealkylation sites (tertiary alicyclic amines) is 1. The molecule has 1 aliphatic rings. The third kappa shape index (κ3) is 2.85. The number of H-pyrrole nitrogens is 1. The molecular weight excluding hydrogens is 276 g/mol. The molecule has 0 aromatic carbocycles. The van der Waals surface area contributed by atoms with Crippen LogP contribution in [0, 0.1) is 6.92 Å². The van der Waals surface area contributed by atoms with Crippen LogP contribution in [0.25, 0.3) is 0 Å². The van der Waals surface area contributed by atoms with Crippen molar-refractivity contribution in [1.82, 2.24) is 30.2 Å². The number of hydrogen-bond acceptors (Lipinski definition) is 7. The maximum absolute atomic E-state index is 5.30. The smallest absolute Gasteiger partial charge is 0.240 e. The van der Waals surface area contributed by atoms with Gasteiger partial charge in [0.25, 0.3) is 0 Å². The van der Waals surface area contributed by atoms with Crippen LogP contribution in [0.5, 0.6) is 0 Å². The van der Waals surface area contributed by atoms with Crippen molar-refractivity contribution < 1.29 is 4.52 Å². The van der Waals surface area contributed by atoms with E-state index in [-0.39, 0.29) is 6.04 Å². The molecule has 1 aliphatic heterocycles. The summed E-state index contributed by atoms with van der Waals surface area (Å²) in [6, 6.07) is 0.246. The van der Waals surface area contributed by atoms with Gasteiger partial charge in [0, 0.05) is 0 Å². The van der Waals surface area contributed by atoms with Gasteiger partial charge in [-0.1, -0.05) is 5.16 Å². The van der Waals surface area contributed by atoms with Crippen LogP contribution >= 0.6 is 11.8 Å². The molecule has 20 heavy (non-hydrogen) atoms. The molecule has 0 spiro atoms. The predicted molar refractivity (Wildman–Crippen MR) is 75.0 cm³/mol. The van der Waals surface area contributed by atoms with Crippen LogP contribution in [0.4, 0.5) is 0 Å². The van der Waals surface area contributed by atoms with E-state index in [1.165, 1.54) is 0 Å². The molecule has 2 aromatic heterocycles. The Hall–Kier alpha value is -1.41. The lowest BCUT2D eigenvalue weighted by atomic mass is 10.2. The molecule has 0 unspecified atom stereocenters. The minimum Gasteiger partial charge on any atom is -0.338 e. The average molecular weight is 294 g/mol. The van der Waals surface area contributed by atoms with E-state index in [2.05, 4.69) is 30.2 Å². The first-order chi connectivity index (χ1) is 9.76. The van der Waals surface area contributed by atoms with Gasteiger partial charge in [-0.3, -0.25) is 10.00 Å². The number of aromatic nitrogens is 5. The molecule has 0 aliphatic carbocycles. The zero-order chi connectivity index (χ0) is 13.9. The minimum atomic E-state index is 0.246. The SMILES string of the molecule is CSCc1noc(CN2CCC[C@H]2c2n[nH]c(C)n2)n1. The lowest BCUT2D eigenvalue weighted by Crippen LogP contribution is -2.23. The van der Waals surface area contributed by atoms with Gasteiger partial charge in [0.2, 0.25) is 5.89 Å². The first-order valence-electron chi connectivity index (χ1n) is 6.69. The highest BCUT2D eigenvalue weighted by Gasteiger charge is 2.30. The molecular formula is C12H18N6OS. The van der Waals surface area contributed by atoms with Crippen LogP contribution in [0.3, 0.4) is 0 Å². The summed E-state index contributed by atoms with van der Waals surface area (Å²) in [5.74, 6) is 3.94. The molecule has 7 nitrogen and oxygen atoms in total. The van der Waals surface area contributed by atoms with Crippen molar-refractivity contribution >= 4 is 11.8 Å². The van der Waals surface area contributed by atoms with Crippen molar-refractivity contribution in [3.63, 3.8) is 0 Å². The Bertz CT molecular complexity index is 568. The highest BCUT2D eigenvalue weighted by atomic mass is 32.2. The van der Waals surface area contributed by atoms with E-state index in [1.54, 1.807) is 11.8 Å². The van der Waals surface area contributed by atoms with E-state index in [0.29, 0.717) is 12.4 Å². The molecule has 1 fully saturated rings. The fourth-order valence-corrected chi connectivity index (χ4v) is 2.91. The number of rotatable bonds is 5. The van der Waals surface area contributed by atoms with Crippen molar-refractivity contribution in [2.75, 3.05) is 12.8 Å². The van der Waals surface area contributed by atoms with Crippen LogP contribution in [0.1, 0.15) is 42.2 Å². The lowest BCUT2D eigenvalue weighted by molar-refractivity contribution is 0.206. The van der Waals surface area contributed by atoms with Crippen LogP contribution < -0.4 is 0 Å². The van der Waals surface area contributed by atoms with E-state index in [4.69, 9.17) is 4.52 Å². The molecule has 0 saturated carbocycles. The van der Waals surface area contributed by atoms with Gasteiger partial charge in [0.05, 0.1) is 18.3 Å². The minimum absolute atomic E-state index is 0.246. The lowest BCUT2D eigenvalue weighted by Gasteiger charge is -2.19. The number of hydrogen-bond donors (Lipinski definition) is 1. The Kier molecular flexibility index (Phi) is 4.02. The fraction of sp³-hybridized carbons (Fsp3) is 0.667. The third-order valence-corrected chi connectivity index (χ3v) is 3.95. The number of nitrogens with one attached hydrogen (secondary N) is 1. The molecule has 2 aromatic rings. The molecule has 1 N–H and O–H groups in total. The Morgan fingerprint density at radius 3 is 3.10 bits per heavy atom. The predicted octanol–water partition coefficient (Wildman–Crippen LogP) is 1.70. The monoisotopic (exact) mass is 294 g/mol. The van der Waals surface area contributed by atoms with Gasteiger partial charge < -0.3 is 4.52 Å². The van der Waals surface area contributed by atoms with Crippen molar-refractivity contribution in [1.29, 1.82) is 0 Å². The van der Waals surface area contributed by atoms with E-state index < -0.39 is 0 Å². The summed E-state index contributed by atoms with van der Waals surface area (Å²) in [5.41, 5.74) is 0. The van der Waals surface area contributed by atoms with E-state index >= 15 is 0 Å². The fourth-order valence-electron chi connectivity index (χ4n) is 2.53. The van der Waals surface area contributed by atoms with Gasteiger partial charge in [0.1, 0.15) is 5.82 Å². The molecule has 0 bridgehead atoms. The summed E-state index contributed by atoms with van der Waals surface area (Å²) in [4.78, 5) is 11.2. The summed E-state index contributed by atoms with van der Waals surface area (Å²) in [6.07, 6.45) is 4.24. The Labute approximate surface area is 121 Å². The van der Waals surface area contributed by atoms with Crippen molar-refractivity contribution in [2.24, 2.45) is 0 Å². The molecule has 108 valence electrons. The van der Waals surface area contributed by atoms with Crippen molar-refractivity contribution in [3.05, 3.63) is 23.4 Å². The van der Waals surface area contributed by atoms with Crippen molar-refractivity contribution in [2.45, 2.75) is 38.1 Å². The second kappa shape index (κ2) is 5.92. The molecule has 0 radical (unpaired) electrons. The van der Waals surface area contributed by atoms with Gasteiger partial charge in [-0.25, -0.2) is 4.98 Å². The summed E-state index contributed by atoms with van der Waals surface area (Å²) in [7, 11) is 0. The van der Waals surface area contributed by atoms with Gasteiger partial charge in [-0.05, 0) is 32.6 Å².